The minimum atomic E-state index is -0.0846. The van der Waals surface area contributed by atoms with Crippen LogP contribution >= 0.6 is 11.6 Å². The predicted octanol–water partition coefficient (Wildman–Crippen LogP) is 7.03. The van der Waals surface area contributed by atoms with Crippen molar-refractivity contribution in [3.63, 3.8) is 0 Å². The largest absolute Gasteiger partial charge is 0.493 e. The second-order valence-corrected chi connectivity index (χ2v) is 9.48. The van der Waals surface area contributed by atoms with E-state index in [1.165, 1.54) is 5.52 Å². The fraction of sp³-hybridized carbons (Fsp3) is 0.290. The number of unbranched alkanes of at least 4 members (excludes halogenated alkanes) is 2. The highest BCUT2D eigenvalue weighted by atomic mass is 35.5. The van der Waals surface area contributed by atoms with Gasteiger partial charge in [0.2, 0.25) is 0 Å². The number of para-hydroxylation sites is 3. The second kappa shape index (κ2) is 13.7. The smallest absolute Gasteiger partial charge is 0.251 e. The number of hydrogen-bond donors (Lipinski definition) is 1. The molecule has 0 saturated carbocycles. The van der Waals surface area contributed by atoms with Crippen LogP contribution in [0.5, 0.6) is 5.75 Å². The third-order valence-electron chi connectivity index (χ3n) is 6.30. The number of nitrogens with zero attached hydrogens (tertiary/aromatic N) is 2. The maximum atomic E-state index is 12.3. The van der Waals surface area contributed by atoms with Gasteiger partial charge >= 0.3 is 0 Å². The summed E-state index contributed by atoms with van der Waals surface area (Å²) < 4.78 is 8.43. The van der Waals surface area contributed by atoms with Gasteiger partial charge in [-0.05, 0) is 67.6 Å². The van der Waals surface area contributed by atoms with Crippen molar-refractivity contribution >= 4 is 28.5 Å². The van der Waals surface area contributed by atoms with Crippen LogP contribution < -0.4 is 10.1 Å². The molecule has 0 unspecified atom stereocenters. The highest BCUT2D eigenvalue weighted by Gasteiger charge is 2.11. The molecule has 0 bridgehead atoms. The minimum absolute atomic E-state index is 0.0846. The molecule has 4 rings (SSSR count). The molecular formula is C31H34ClN3O2. The van der Waals surface area contributed by atoms with Gasteiger partial charge in [-0.25, -0.2) is 4.98 Å². The van der Waals surface area contributed by atoms with Crippen LogP contribution in [0.1, 0.15) is 47.4 Å². The zero-order valence-corrected chi connectivity index (χ0v) is 21.9. The highest BCUT2D eigenvalue weighted by molar-refractivity contribution is 6.30. The lowest BCUT2D eigenvalue weighted by Gasteiger charge is -2.12. The zero-order chi connectivity index (χ0) is 25.9. The Bertz CT molecular complexity index is 1330. The summed E-state index contributed by atoms with van der Waals surface area (Å²) in [5, 5.41) is 3.55. The predicted molar refractivity (Wildman–Crippen MR) is 152 cm³/mol. The Labute approximate surface area is 224 Å². The SMILES string of the molecule is C=CCc1ccccc1OCCCn1c(CCCCCNC(=O)c2cccc(Cl)c2)nc2ccccc21. The van der Waals surface area contributed by atoms with Crippen LogP contribution in [0.4, 0.5) is 0 Å². The summed E-state index contributed by atoms with van der Waals surface area (Å²) in [6.45, 7) is 5.99. The van der Waals surface area contributed by atoms with Crippen LogP contribution in [0.25, 0.3) is 11.0 Å². The molecule has 192 valence electrons. The molecule has 0 saturated heterocycles. The Hall–Kier alpha value is -3.57. The standard InChI is InChI=1S/C31H34ClN3O2/c1-2-12-24-13-5-8-18-29(24)37-22-11-21-35-28-17-7-6-16-27(28)34-30(35)19-4-3-9-20-33-31(36)25-14-10-15-26(32)23-25/h2,5-8,10,13-18,23H,1,3-4,9,11-12,19-22H2,(H,33,36). The topological polar surface area (TPSA) is 56.1 Å². The summed E-state index contributed by atoms with van der Waals surface area (Å²) >= 11 is 5.98. The van der Waals surface area contributed by atoms with Crippen LogP contribution in [0, 0.1) is 0 Å². The number of amides is 1. The van der Waals surface area contributed by atoms with Crippen LogP contribution in [0.2, 0.25) is 5.02 Å². The Morgan fingerprint density at radius 1 is 1.00 bits per heavy atom. The van der Waals surface area contributed by atoms with E-state index in [4.69, 9.17) is 21.3 Å². The van der Waals surface area contributed by atoms with Crippen molar-refractivity contribution in [3.05, 3.63) is 107 Å². The fourth-order valence-electron chi connectivity index (χ4n) is 4.46. The molecule has 0 aliphatic heterocycles. The molecule has 0 radical (unpaired) electrons. The van der Waals surface area contributed by atoms with Crippen molar-refractivity contribution in [2.45, 2.75) is 45.1 Å². The van der Waals surface area contributed by atoms with E-state index >= 15 is 0 Å². The number of rotatable bonds is 14. The molecule has 3 aromatic carbocycles. The summed E-state index contributed by atoms with van der Waals surface area (Å²) in [4.78, 5) is 17.2. The molecule has 1 amide bonds. The normalized spacial score (nSPS) is 10.9. The second-order valence-electron chi connectivity index (χ2n) is 9.05. The minimum Gasteiger partial charge on any atom is -0.493 e. The third kappa shape index (κ3) is 7.46. The van der Waals surface area contributed by atoms with E-state index in [9.17, 15) is 4.79 Å². The first kappa shape index (κ1) is 26.5. The molecule has 6 heteroatoms. The first-order valence-corrected chi connectivity index (χ1v) is 13.3. The Morgan fingerprint density at radius 2 is 1.84 bits per heavy atom. The number of allylic oxidation sites excluding steroid dienone is 1. The van der Waals surface area contributed by atoms with Gasteiger partial charge in [0.1, 0.15) is 11.6 Å². The number of hydrogen-bond acceptors (Lipinski definition) is 3. The van der Waals surface area contributed by atoms with E-state index in [0.29, 0.717) is 23.7 Å². The number of nitrogens with one attached hydrogen (secondary N) is 1. The number of carbonyl (C=O) groups is 1. The number of fused-ring (bicyclic) bond motifs is 1. The van der Waals surface area contributed by atoms with Gasteiger partial charge in [0.25, 0.3) is 5.91 Å². The van der Waals surface area contributed by atoms with Gasteiger partial charge in [-0.2, -0.15) is 0 Å². The fourth-order valence-corrected chi connectivity index (χ4v) is 4.65. The van der Waals surface area contributed by atoms with Crippen molar-refractivity contribution in [2.75, 3.05) is 13.2 Å². The Kier molecular flexibility index (Phi) is 9.78. The van der Waals surface area contributed by atoms with Crippen LogP contribution in [-0.4, -0.2) is 28.6 Å². The van der Waals surface area contributed by atoms with E-state index in [1.54, 1.807) is 24.3 Å². The highest BCUT2D eigenvalue weighted by Crippen LogP contribution is 2.21. The number of halogens is 1. The molecule has 0 atom stereocenters. The molecule has 37 heavy (non-hydrogen) atoms. The van der Waals surface area contributed by atoms with Crippen molar-refractivity contribution in [2.24, 2.45) is 0 Å². The monoisotopic (exact) mass is 515 g/mol. The third-order valence-corrected chi connectivity index (χ3v) is 6.54. The zero-order valence-electron chi connectivity index (χ0n) is 21.2. The number of carbonyl (C=O) groups excluding carboxylic acids is 1. The van der Waals surface area contributed by atoms with Crippen molar-refractivity contribution in [3.8, 4) is 5.75 Å². The maximum Gasteiger partial charge on any atom is 0.251 e. The number of aryl methyl sites for hydroxylation is 2. The van der Waals surface area contributed by atoms with Gasteiger partial charge in [0.05, 0.1) is 17.6 Å². The lowest BCUT2D eigenvalue weighted by Crippen LogP contribution is -2.24. The van der Waals surface area contributed by atoms with Gasteiger partial charge in [0.15, 0.2) is 0 Å². The average molecular weight is 516 g/mol. The van der Waals surface area contributed by atoms with Crippen molar-refractivity contribution in [1.29, 1.82) is 0 Å². The number of ether oxygens (including phenoxy) is 1. The van der Waals surface area contributed by atoms with Crippen molar-refractivity contribution in [1.82, 2.24) is 14.9 Å². The van der Waals surface area contributed by atoms with E-state index in [1.807, 2.05) is 30.3 Å². The average Bonchev–Trinajstić information content (AvgIpc) is 3.26. The molecule has 5 nitrogen and oxygen atoms in total. The quantitative estimate of drug-likeness (QED) is 0.145. The number of aromatic nitrogens is 2. The molecule has 0 aliphatic rings. The molecule has 0 fully saturated rings. The summed E-state index contributed by atoms with van der Waals surface area (Å²) in [5.74, 6) is 1.95. The Balaban J connectivity index is 1.26. The van der Waals surface area contributed by atoms with E-state index in [2.05, 4.69) is 40.7 Å². The first-order valence-electron chi connectivity index (χ1n) is 12.9. The number of benzene rings is 3. The lowest BCUT2D eigenvalue weighted by atomic mass is 10.1. The van der Waals surface area contributed by atoms with Crippen LogP contribution in [-0.2, 0) is 19.4 Å². The maximum absolute atomic E-state index is 12.3. The molecule has 0 aliphatic carbocycles. The van der Waals surface area contributed by atoms with E-state index in [-0.39, 0.29) is 5.91 Å². The first-order chi connectivity index (χ1) is 18.2. The van der Waals surface area contributed by atoms with Crippen LogP contribution in [0.15, 0.2) is 85.5 Å². The molecular weight excluding hydrogens is 482 g/mol. The summed E-state index contributed by atoms with van der Waals surface area (Å²) in [6.07, 6.45) is 7.45. The molecule has 1 heterocycles. The van der Waals surface area contributed by atoms with Crippen molar-refractivity contribution < 1.29 is 9.53 Å². The van der Waals surface area contributed by atoms with E-state index < -0.39 is 0 Å². The van der Waals surface area contributed by atoms with Gasteiger partial charge in [0, 0.05) is 30.1 Å². The molecule has 1 aromatic heterocycles. The molecule has 1 N–H and O–H groups in total. The summed E-state index contributed by atoms with van der Waals surface area (Å²) in [5.41, 5.74) is 3.95. The van der Waals surface area contributed by atoms with Crippen LogP contribution in [0.3, 0.4) is 0 Å². The van der Waals surface area contributed by atoms with Gasteiger partial charge in [-0.3, -0.25) is 4.79 Å². The number of imidazole rings is 1. The molecule has 4 aromatic rings. The summed E-state index contributed by atoms with van der Waals surface area (Å²) in [6, 6.07) is 23.5. The summed E-state index contributed by atoms with van der Waals surface area (Å²) in [7, 11) is 0. The van der Waals surface area contributed by atoms with Gasteiger partial charge < -0.3 is 14.6 Å². The lowest BCUT2D eigenvalue weighted by molar-refractivity contribution is 0.0953. The molecule has 0 spiro atoms. The van der Waals surface area contributed by atoms with Gasteiger partial charge in [-0.15, -0.1) is 6.58 Å². The Morgan fingerprint density at radius 3 is 2.70 bits per heavy atom. The van der Waals surface area contributed by atoms with E-state index in [0.717, 1.165) is 67.7 Å². The van der Waals surface area contributed by atoms with Gasteiger partial charge in [-0.1, -0.05) is 60.5 Å².